The van der Waals surface area contributed by atoms with Crippen molar-refractivity contribution < 1.29 is 4.74 Å². The van der Waals surface area contributed by atoms with Crippen LogP contribution in [0.1, 0.15) is 42.5 Å². The predicted molar refractivity (Wildman–Crippen MR) is 86.7 cm³/mol. The van der Waals surface area contributed by atoms with Crippen LogP contribution < -0.4 is 5.32 Å². The van der Waals surface area contributed by atoms with Gasteiger partial charge in [0.05, 0.1) is 12.7 Å². The molecule has 2 aliphatic rings. The van der Waals surface area contributed by atoms with Crippen LogP contribution >= 0.6 is 0 Å². The molecule has 1 N–H and O–H groups in total. The number of morpholine rings is 1. The van der Waals surface area contributed by atoms with Crippen molar-refractivity contribution in [3.63, 3.8) is 0 Å². The standard InChI is InChI=1S/C18H28N2O/c1-13-6-7-14(2)18(9-13)15(3)19-10-17-11-20-8-4-5-16(20)12-21-17/h6-7,9,15-17,19H,4-5,8,10-12H2,1-3H3. The molecule has 0 spiro atoms. The van der Waals surface area contributed by atoms with Gasteiger partial charge in [0.2, 0.25) is 0 Å². The fraction of sp³-hybridized carbons (Fsp3) is 0.667. The topological polar surface area (TPSA) is 24.5 Å². The Bertz CT molecular complexity index is 488. The molecule has 0 radical (unpaired) electrons. The Morgan fingerprint density at radius 1 is 1.38 bits per heavy atom. The van der Waals surface area contributed by atoms with E-state index in [4.69, 9.17) is 4.74 Å². The lowest BCUT2D eigenvalue weighted by molar-refractivity contribution is -0.0477. The summed E-state index contributed by atoms with van der Waals surface area (Å²) >= 11 is 0. The summed E-state index contributed by atoms with van der Waals surface area (Å²) in [5.74, 6) is 0. The minimum Gasteiger partial charge on any atom is -0.374 e. The first-order valence-electron chi connectivity index (χ1n) is 8.29. The third-order valence-corrected chi connectivity index (χ3v) is 5.01. The van der Waals surface area contributed by atoms with Gasteiger partial charge in [0, 0.05) is 25.2 Å². The average Bonchev–Trinajstić information content (AvgIpc) is 2.94. The fourth-order valence-corrected chi connectivity index (χ4v) is 3.65. The van der Waals surface area contributed by atoms with Crippen LogP contribution in [-0.4, -0.2) is 43.3 Å². The molecule has 1 aromatic rings. The minimum atomic E-state index is 0.340. The Morgan fingerprint density at radius 2 is 2.24 bits per heavy atom. The van der Waals surface area contributed by atoms with E-state index in [0.29, 0.717) is 18.2 Å². The molecule has 0 amide bonds. The normalized spacial score (nSPS) is 27.6. The van der Waals surface area contributed by atoms with E-state index >= 15 is 0 Å². The molecule has 0 aromatic heterocycles. The molecule has 2 heterocycles. The number of rotatable bonds is 4. The van der Waals surface area contributed by atoms with Gasteiger partial charge in [-0.2, -0.15) is 0 Å². The van der Waals surface area contributed by atoms with E-state index in [1.807, 2.05) is 0 Å². The number of benzene rings is 1. The average molecular weight is 288 g/mol. The first kappa shape index (κ1) is 15.0. The Labute approximate surface area is 128 Å². The predicted octanol–water partition coefficient (Wildman–Crippen LogP) is 2.82. The quantitative estimate of drug-likeness (QED) is 0.922. The zero-order valence-corrected chi connectivity index (χ0v) is 13.6. The van der Waals surface area contributed by atoms with Crippen LogP contribution in [-0.2, 0) is 4.74 Å². The van der Waals surface area contributed by atoms with E-state index in [2.05, 4.69) is 49.2 Å². The highest BCUT2D eigenvalue weighted by atomic mass is 16.5. The molecule has 21 heavy (non-hydrogen) atoms. The van der Waals surface area contributed by atoms with Crippen molar-refractivity contribution in [3.05, 3.63) is 34.9 Å². The van der Waals surface area contributed by atoms with Gasteiger partial charge >= 0.3 is 0 Å². The summed E-state index contributed by atoms with van der Waals surface area (Å²) < 4.78 is 6.03. The van der Waals surface area contributed by atoms with Crippen LogP contribution in [0, 0.1) is 13.8 Å². The summed E-state index contributed by atoms with van der Waals surface area (Å²) in [7, 11) is 0. The lowest BCUT2D eigenvalue weighted by Gasteiger charge is -2.35. The summed E-state index contributed by atoms with van der Waals surface area (Å²) in [5, 5.41) is 3.66. The zero-order valence-electron chi connectivity index (χ0n) is 13.6. The maximum absolute atomic E-state index is 6.03. The molecule has 2 fully saturated rings. The second-order valence-electron chi connectivity index (χ2n) is 6.74. The largest absolute Gasteiger partial charge is 0.374 e. The van der Waals surface area contributed by atoms with Crippen molar-refractivity contribution in [2.45, 2.75) is 51.8 Å². The van der Waals surface area contributed by atoms with Crippen molar-refractivity contribution in [3.8, 4) is 0 Å². The number of hydrogen-bond acceptors (Lipinski definition) is 3. The molecular formula is C18H28N2O. The maximum Gasteiger partial charge on any atom is 0.0827 e. The zero-order chi connectivity index (χ0) is 14.8. The summed E-state index contributed by atoms with van der Waals surface area (Å²) in [6, 6.07) is 7.77. The van der Waals surface area contributed by atoms with Crippen molar-refractivity contribution in [1.82, 2.24) is 10.2 Å². The number of hydrogen-bond donors (Lipinski definition) is 1. The molecule has 3 atom stereocenters. The van der Waals surface area contributed by atoms with Crippen molar-refractivity contribution in [1.29, 1.82) is 0 Å². The van der Waals surface area contributed by atoms with E-state index in [1.165, 1.54) is 36.1 Å². The molecule has 1 aromatic carbocycles. The molecule has 0 bridgehead atoms. The molecule has 3 heteroatoms. The molecule has 3 nitrogen and oxygen atoms in total. The highest BCUT2D eigenvalue weighted by Gasteiger charge is 2.32. The molecule has 116 valence electrons. The second-order valence-corrected chi connectivity index (χ2v) is 6.74. The Hall–Kier alpha value is -0.900. The third kappa shape index (κ3) is 3.47. The molecule has 2 aliphatic heterocycles. The fourth-order valence-electron chi connectivity index (χ4n) is 3.65. The van der Waals surface area contributed by atoms with Crippen LogP contribution in [0.3, 0.4) is 0 Å². The van der Waals surface area contributed by atoms with Gasteiger partial charge in [-0.05, 0) is 51.3 Å². The van der Waals surface area contributed by atoms with Crippen LogP contribution in [0.4, 0.5) is 0 Å². The first-order valence-corrected chi connectivity index (χ1v) is 8.29. The summed E-state index contributed by atoms with van der Waals surface area (Å²) in [5.41, 5.74) is 4.10. The van der Waals surface area contributed by atoms with Crippen LogP contribution in [0.5, 0.6) is 0 Å². The van der Waals surface area contributed by atoms with Crippen molar-refractivity contribution >= 4 is 0 Å². The molecule has 2 saturated heterocycles. The second kappa shape index (κ2) is 6.47. The lowest BCUT2D eigenvalue weighted by Crippen LogP contribution is -2.49. The van der Waals surface area contributed by atoms with E-state index in [9.17, 15) is 0 Å². The van der Waals surface area contributed by atoms with Gasteiger partial charge in [-0.15, -0.1) is 0 Å². The molecule has 3 rings (SSSR count). The van der Waals surface area contributed by atoms with E-state index in [0.717, 1.165) is 19.7 Å². The smallest absolute Gasteiger partial charge is 0.0827 e. The van der Waals surface area contributed by atoms with Gasteiger partial charge in [-0.3, -0.25) is 4.90 Å². The molecule has 3 unspecified atom stereocenters. The third-order valence-electron chi connectivity index (χ3n) is 5.01. The highest BCUT2D eigenvalue weighted by Crippen LogP contribution is 2.23. The first-order chi connectivity index (χ1) is 10.1. The highest BCUT2D eigenvalue weighted by molar-refractivity contribution is 5.32. The number of nitrogens with one attached hydrogen (secondary N) is 1. The molecule has 0 saturated carbocycles. The van der Waals surface area contributed by atoms with Gasteiger partial charge in [-0.1, -0.05) is 23.8 Å². The van der Waals surface area contributed by atoms with E-state index < -0.39 is 0 Å². The number of fused-ring (bicyclic) bond motifs is 1. The summed E-state index contributed by atoms with van der Waals surface area (Å²) in [6.07, 6.45) is 3.00. The van der Waals surface area contributed by atoms with Crippen molar-refractivity contribution in [2.75, 3.05) is 26.2 Å². The summed E-state index contributed by atoms with van der Waals surface area (Å²) in [4.78, 5) is 2.61. The Balaban J connectivity index is 1.53. The van der Waals surface area contributed by atoms with Crippen LogP contribution in [0.2, 0.25) is 0 Å². The Morgan fingerprint density at radius 3 is 3.10 bits per heavy atom. The number of nitrogens with zero attached hydrogens (tertiary/aromatic N) is 1. The minimum absolute atomic E-state index is 0.340. The summed E-state index contributed by atoms with van der Waals surface area (Å²) in [6.45, 7) is 10.8. The van der Waals surface area contributed by atoms with Crippen molar-refractivity contribution in [2.24, 2.45) is 0 Å². The lowest BCUT2D eigenvalue weighted by atomic mass is 10.00. The van der Waals surface area contributed by atoms with E-state index in [-0.39, 0.29) is 0 Å². The number of aryl methyl sites for hydroxylation is 2. The van der Waals surface area contributed by atoms with Gasteiger partial charge in [0.25, 0.3) is 0 Å². The molecular weight excluding hydrogens is 260 g/mol. The van der Waals surface area contributed by atoms with Crippen LogP contribution in [0.15, 0.2) is 18.2 Å². The van der Waals surface area contributed by atoms with Crippen LogP contribution in [0.25, 0.3) is 0 Å². The maximum atomic E-state index is 6.03. The monoisotopic (exact) mass is 288 g/mol. The Kier molecular flexibility index (Phi) is 4.63. The van der Waals surface area contributed by atoms with E-state index in [1.54, 1.807) is 0 Å². The van der Waals surface area contributed by atoms with Gasteiger partial charge in [-0.25, -0.2) is 0 Å². The SMILES string of the molecule is Cc1ccc(C)c(C(C)NCC2CN3CCCC3CO2)c1. The number of ether oxygens (including phenoxy) is 1. The molecule has 0 aliphatic carbocycles. The van der Waals surface area contributed by atoms with Gasteiger partial charge < -0.3 is 10.1 Å². The van der Waals surface area contributed by atoms with Gasteiger partial charge in [0.1, 0.15) is 0 Å². The van der Waals surface area contributed by atoms with Gasteiger partial charge in [0.15, 0.2) is 0 Å².